The number of hydrogen-bond acceptors (Lipinski definition) is 2. The summed E-state index contributed by atoms with van der Waals surface area (Å²) in [4.78, 5) is 0. The van der Waals surface area contributed by atoms with Crippen LogP contribution in [0.15, 0.2) is 109 Å². The van der Waals surface area contributed by atoms with Gasteiger partial charge in [0.1, 0.15) is 5.76 Å². The molecule has 2 heteroatoms. The van der Waals surface area contributed by atoms with Crippen molar-refractivity contribution in [3.63, 3.8) is 0 Å². The van der Waals surface area contributed by atoms with Crippen LogP contribution in [0.3, 0.4) is 0 Å². The number of rotatable bonds is 10. The first kappa shape index (κ1) is 23.4. The quantitative estimate of drug-likeness (QED) is 0.284. The number of allylic oxidation sites excluding steroid dienone is 7. The van der Waals surface area contributed by atoms with Crippen LogP contribution in [0.5, 0.6) is 0 Å². The molecule has 0 bridgehead atoms. The Kier molecular flexibility index (Phi) is 7.58. The lowest BCUT2D eigenvalue weighted by molar-refractivity contribution is 0.226. The fourth-order valence-electron chi connectivity index (χ4n) is 4.50. The number of benzene rings is 2. The van der Waals surface area contributed by atoms with Crippen molar-refractivity contribution in [1.82, 2.24) is 0 Å². The third kappa shape index (κ3) is 4.36. The summed E-state index contributed by atoms with van der Waals surface area (Å²) in [5.41, 5.74) is 6.67. The highest BCUT2D eigenvalue weighted by Crippen LogP contribution is 2.56. The van der Waals surface area contributed by atoms with Crippen LogP contribution in [0.2, 0.25) is 0 Å². The average Bonchev–Trinajstić information content (AvgIpc) is 3.11. The molecule has 0 aromatic heterocycles. The molecule has 1 aliphatic rings. The Morgan fingerprint density at radius 3 is 2.00 bits per heavy atom. The molecule has 2 aromatic carbocycles. The highest BCUT2D eigenvalue weighted by atomic mass is 16.5. The van der Waals surface area contributed by atoms with E-state index in [1.807, 2.05) is 32.1 Å². The van der Waals surface area contributed by atoms with Gasteiger partial charge in [-0.25, -0.2) is 0 Å². The van der Waals surface area contributed by atoms with Gasteiger partial charge in [-0.1, -0.05) is 86.3 Å². The van der Waals surface area contributed by atoms with Crippen molar-refractivity contribution < 1.29 is 9.47 Å². The molecule has 32 heavy (non-hydrogen) atoms. The molecular weight excluding hydrogens is 392 g/mol. The van der Waals surface area contributed by atoms with Crippen molar-refractivity contribution in [3.05, 3.63) is 120 Å². The van der Waals surface area contributed by atoms with E-state index in [1.165, 1.54) is 27.8 Å². The minimum atomic E-state index is -0.474. The Morgan fingerprint density at radius 1 is 0.844 bits per heavy atom. The standard InChI is InChI=1S/C30H34O2/c1-7-21-32-25(6)20-18-23(4)30(22(3)17-19-24(5)31-8-2)28-15-11-9-13-26(28)27-14-10-12-16-29(27)30/h9-20H,4,6-8,21H2,1-3,5H3/b20-18-,22-17+,24-19+. The van der Waals surface area contributed by atoms with E-state index in [9.17, 15) is 0 Å². The lowest BCUT2D eigenvalue weighted by Crippen LogP contribution is -2.28. The third-order valence-corrected chi connectivity index (χ3v) is 5.93. The van der Waals surface area contributed by atoms with E-state index in [1.54, 1.807) is 0 Å². The summed E-state index contributed by atoms with van der Waals surface area (Å²) in [5.74, 6) is 1.54. The summed E-state index contributed by atoms with van der Waals surface area (Å²) in [5, 5.41) is 0. The van der Waals surface area contributed by atoms with Crippen molar-refractivity contribution in [2.75, 3.05) is 13.2 Å². The van der Waals surface area contributed by atoms with Crippen molar-refractivity contribution in [1.29, 1.82) is 0 Å². The van der Waals surface area contributed by atoms with E-state index in [0.29, 0.717) is 19.0 Å². The van der Waals surface area contributed by atoms with Crippen molar-refractivity contribution >= 4 is 0 Å². The van der Waals surface area contributed by atoms with Crippen LogP contribution >= 0.6 is 0 Å². The molecule has 0 amide bonds. The molecule has 0 N–H and O–H groups in total. The largest absolute Gasteiger partial charge is 0.499 e. The molecule has 0 saturated heterocycles. The molecule has 2 nitrogen and oxygen atoms in total. The molecule has 3 rings (SSSR count). The molecule has 0 radical (unpaired) electrons. The second-order valence-corrected chi connectivity index (χ2v) is 8.07. The van der Waals surface area contributed by atoms with Gasteiger partial charge >= 0.3 is 0 Å². The zero-order valence-electron chi connectivity index (χ0n) is 19.8. The molecule has 0 saturated carbocycles. The SMILES string of the molecule is C=C(/C=C\C(=C)C1(/C(C)=C/C=C(\C)OCC)c2ccccc2-c2ccccc21)OCCC. The lowest BCUT2D eigenvalue weighted by Gasteiger charge is -2.34. The Morgan fingerprint density at radius 2 is 1.44 bits per heavy atom. The molecule has 0 fully saturated rings. The first-order chi connectivity index (χ1) is 15.5. The summed E-state index contributed by atoms with van der Waals surface area (Å²) in [6.45, 7) is 18.2. The molecule has 0 aliphatic heterocycles. The Hall–Kier alpha value is -3.26. The average molecular weight is 427 g/mol. The summed E-state index contributed by atoms with van der Waals surface area (Å²) >= 11 is 0. The molecular formula is C30H34O2. The van der Waals surface area contributed by atoms with Crippen LogP contribution in [0, 0.1) is 0 Å². The van der Waals surface area contributed by atoms with Crippen LogP contribution in [-0.4, -0.2) is 13.2 Å². The van der Waals surface area contributed by atoms with Gasteiger partial charge in [0, 0.05) is 0 Å². The van der Waals surface area contributed by atoms with Crippen LogP contribution in [0.4, 0.5) is 0 Å². The summed E-state index contributed by atoms with van der Waals surface area (Å²) in [7, 11) is 0. The predicted octanol–water partition coefficient (Wildman–Crippen LogP) is 7.89. The Bertz CT molecular complexity index is 1040. The van der Waals surface area contributed by atoms with Gasteiger partial charge in [0.2, 0.25) is 0 Å². The van der Waals surface area contributed by atoms with Gasteiger partial charge in [0.05, 0.1) is 24.4 Å². The Balaban J connectivity index is 2.19. The van der Waals surface area contributed by atoms with E-state index in [0.717, 1.165) is 17.8 Å². The van der Waals surface area contributed by atoms with Crippen molar-refractivity contribution in [3.8, 4) is 11.1 Å². The fraction of sp³-hybridized carbons (Fsp3) is 0.267. The molecule has 2 aromatic rings. The number of ether oxygens (including phenoxy) is 2. The summed E-state index contributed by atoms with van der Waals surface area (Å²) < 4.78 is 11.3. The van der Waals surface area contributed by atoms with E-state index < -0.39 is 5.41 Å². The van der Waals surface area contributed by atoms with Gasteiger partial charge in [-0.3, -0.25) is 0 Å². The molecule has 0 heterocycles. The molecule has 0 unspecified atom stereocenters. The summed E-state index contributed by atoms with van der Waals surface area (Å²) in [6.07, 6.45) is 9.13. The lowest BCUT2D eigenvalue weighted by atomic mass is 9.67. The van der Waals surface area contributed by atoms with Crippen molar-refractivity contribution in [2.24, 2.45) is 0 Å². The maximum absolute atomic E-state index is 5.68. The fourth-order valence-corrected chi connectivity index (χ4v) is 4.50. The van der Waals surface area contributed by atoms with E-state index >= 15 is 0 Å². The van der Waals surface area contributed by atoms with Gasteiger partial charge in [-0.15, -0.1) is 0 Å². The van der Waals surface area contributed by atoms with Gasteiger partial charge in [-0.05, 0) is 67.2 Å². The minimum Gasteiger partial charge on any atom is -0.499 e. The minimum absolute atomic E-state index is 0.474. The number of hydrogen-bond donors (Lipinski definition) is 0. The zero-order valence-corrected chi connectivity index (χ0v) is 19.8. The molecule has 166 valence electrons. The molecule has 0 atom stereocenters. The molecule has 0 spiro atoms. The first-order valence-corrected chi connectivity index (χ1v) is 11.3. The second-order valence-electron chi connectivity index (χ2n) is 8.07. The van der Waals surface area contributed by atoms with Gasteiger partial charge in [0.15, 0.2) is 0 Å². The van der Waals surface area contributed by atoms with Crippen LogP contribution in [0.1, 0.15) is 45.2 Å². The monoisotopic (exact) mass is 426 g/mol. The normalized spacial score (nSPS) is 14.8. The topological polar surface area (TPSA) is 18.5 Å². The predicted molar refractivity (Wildman–Crippen MR) is 135 cm³/mol. The smallest absolute Gasteiger partial charge is 0.112 e. The zero-order chi connectivity index (χ0) is 23.1. The van der Waals surface area contributed by atoms with E-state index in [2.05, 4.69) is 81.6 Å². The van der Waals surface area contributed by atoms with Crippen LogP contribution in [-0.2, 0) is 14.9 Å². The van der Waals surface area contributed by atoms with Gasteiger partial charge in [0.25, 0.3) is 0 Å². The van der Waals surface area contributed by atoms with Crippen LogP contribution < -0.4 is 0 Å². The highest BCUT2D eigenvalue weighted by Gasteiger charge is 2.45. The maximum Gasteiger partial charge on any atom is 0.112 e. The second kappa shape index (κ2) is 10.4. The van der Waals surface area contributed by atoms with E-state index in [-0.39, 0.29) is 0 Å². The van der Waals surface area contributed by atoms with Crippen LogP contribution in [0.25, 0.3) is 11.1 Å². The van der Waals surface area contributed by atoms with Gasteiger partial charge in [-0.2, -0.15) is 0 Å². The number of fused-ring (bicyclic) bond motifs is 3. The summed E-state index contributed by atoms with van der Waals surface area (Å²) in [6, 6.07) is 17.2. The molecule has 1 aliphatic carbocycles. The van der Waals surface area contributed by atoms with E-state index in [4.69, 9.17) is 9.47 Å². The highest BCUT2D eigenvalue weighted by molar-refractivity contribution is 5.86. The maximum atomic E-state index is 5.68. The van der Waals surface area contributed by atoms with Gasteiger partial charge < -0.3 is 9.47 Å². The van der Waals surface area contributed by atoms with Crippen molar-refractivity contribution in [2.45, 2.75) is 39.5 Å². The Labute approximate surface area is 193 Å². The first-order valence-electron chi connectivity index (χ1n) is 11.3. The third-order valence-electron chi connectivity index (χ3n) is 5.93.